The molecule has 0 saturated carbocycles. The number of hydrogen-bond donors (Lipinski definition) is 2. The molecule has 1 aliphatic rings. The average molecular weight is 342 g/mol. The van der Waals surface area contributed by atoms with Gasteiger partial charge in [-0.25, -0.2) is 0 Å². The van der Waals surface area contributed by atoms with E-state index in [1.807, 2.05) is 6.07 Å². The van der Waals surface area contributed by atoms with Crippen LogP contribution in [0.5, 0.6) is 11.5 Å². The summed E-state index contributed by atoms with van der Waals surface area (Å²) in [7, 11) is 1.64. The molecule has 0 bridgehead atoms. The van der Waals surface area contributed by atoms with Crippen LogP contribution < -0.4 is 20.1 Å². The van der Waals surface area contributed by atoms with Gasteiger partial charge in [0.15, 0.2) is 11.5 Å². The summed E-state index contributed by atoms with van der Waals surface area (Å²) in [5.74, 6) is 1.50. The molecule has 1 aromatic rings. The molecule has 0 radical (unpaired) electrons. The van der Waals surface area contributed by atoms with E-state index in [2.05, 4.69) is 22.5 Å². The second kappa shape index (κ2) is 9.98. The fraction of sp³-hybridized carbons (Fsp3) is 0.647. The van der Waals surface area contributed by atoms with E-state index < -0.39 is 0 Å². The lowest BCUT2D eigenvalue weighted by Crippen LogP contribution is -2.45. The fourth-order valence-electron chi connectivity index (χ4n) is 2.67. The van der Waals surface area contributed by atoms with Gasteiger partial charge in [0.1, 0.15) is 0 Å². The van der Waals surface area contributed by atoms with E-state index >= 15 is 0 Å². The van der Waals surface area contributed by atoms with Gasteiger partial charge in [0.05, 0.1) is 13.7 Å². The van der Waals surface area contributed by atoms with E-state index in [1.165, 1.54) is 0 Å². The maximum absolute atomic E-state index is 6.19. The summed E-state index contributed by atoms with van der Waals surface area (Å²) < 4.78 is 11.3. The Hall–Kier alpha value is -1.01. The van der Waals surface area contributed by atoms with Crippen LogP contribution in [0.15, 0.2) is 12.1 Å². The van der Waals surface area contributed by atoms with Gasteiger partial charge >= 0.3 is 0 Å². The van der Waals surface area contributed by atoms with Crippen LogP contribution in [-0.4, -0.2) is 57.9 Å². The van der Waals surface area contributed by atoms with Gasteiger partial charge in [-0.1, -0.05) is 18.5 Å². The molecule has 1 heterocycles. The molecule has 1 aliphatic heterocycles. The van der Waals surface area contributed by atoms with Gasteiger partial charge in [-0.3, -0.25) is 4.90 Å². The van der Waals surface area contributed by atoms with Crippen LogP contribution in [0.25, 0.3) is 0 Å². The number of rotatable bonds is 9. The summed E-state index contributed by atoms with van der Waals surface area (Å²) in [4.78, 5) is 2.47. The number of nitrogens with one attached hydrogen (secondary N) is 2. The Labute approximate surface area is 144 Å². The summed E-state index contributed by atoms with van der Waals surface area (Å²) in [5, 5.41) is 7.53. The second-order valence-electron chi connectivity index (χ2n) is 5.71. The molecular formula is C17H28ClN3O2. The van der Waals surface area contributed by atoms with E-state index in [0.717, 1.165) is 63.5 Å². The third-order valence-electron chi connectivity index (χ3n) is 3.90. The summed E-state index contributed by atoms with van der Waals surface area (Å²) in [6, 6.07) is 3.75. The van der Waals surface area contributed by atoms with Crippen LogP contribution in [-0.2, 0) is 6.54 Å². The van der Waals surface area contributed by atoms with Crippen molar-refractivity contribution >= 4 is 11.6 Å². The maximum Gasteiger partial charge on any atom is 0.165 e. The molecule has 1 aromatic carbocycles. The highest BCUT2D eigenvalue weighted by molar-refractivity contribution is 6.30. The van der Waals surface area contributed by atoms with E-state index in [1.54, 1.807) is 13.2 Å². The highest BCUT2D eigenvalue weighted by atomic mass is 35.5. The van der Waals surface area contributed by atoms with Crippen molar-refractivity contribution < 1.29 is 9.47 Å². The number of nitrogens with zero attached hydrogens (tertiary/aromatic N) is 1. The van der Waals surface area contributed by atoms with Gasteiger partial charge in [0.25, 0.3) is 0 Å². The van der Waals surface area contributed by atoms with Crippen LogP contribution in [0, 0.1) is 0 Å². The van der Waals surface area contributed by atoms with Crippen LogP contribution >= 0.6 is 11.6 Å². The number of hydrogen-bond acceptors (Lipinski definition) is 5. The number of ether oxygens (including phenoxy) is 2. The summed E-state index contributed by atoms with van der Waals surface area (Å²) in [6.45, 7) is 9.91. The van der Waals surface area contributed by atoms with E-state index in [4.69, 9.17) is 21.1 Å². The minimum Gasteiger partial charge on any atom is -0.493 e. The number of piperazine rings is 1. The predicted octanol–water partition coefficient (Wildman–Crippen LogP) is 2.13. The lowest BCUT2D eigenvalue weighted by molar-refractivity contribution is 0.240. The third kappa shape index (κ3) is 5.84. The van der Waals surface area contributed by atoms with E-state index in [9.17, 15) is 0 Å². The maximum atomic E-state index is 6.19. The normalized spacial score (nSPS) is 15.6. The molecular weight excluding hydrogens is 314 g/mol. The summed E-state index contributed by atoms with van der Waals surface area (Å²) >= 11 is 6.19. The minimum absolute atomic E-state index is 0.671. The van der Waals surface area contributed by atoms with Crippen molar-refractivity contribution in [3.63, 3.8) is 0 Å². The summed E-state index contributed by atoms with van der Waals surface area (Å²) in [6.07, 6.45) is 0.960. The zero-order valence-corrected chi connectivity index (χ0v) is 14.9. The molecule has 0 aromatic heterocycles. The Balaban J connectivity index is 1.90. The molecule has 1 fully saturated rings. The van der Waals surface area contributed by atoms with Crippen molar-refractivity contribution in [1.82, 2.24) is 15.5 Å². The SMILES string of the molecule is CCCOc1c(CNCCN2CCNCC2)cc(Cl)cc1OC. The van der Waals surface area contributed by atoms with Crippen LogP contribution in [0.3, 0.4) is 0 Å². The van der Waals surface area contributed by atoms with Crippen molar-refractivity contribution in [2.24, 2.45) is 0 Å². The Morgan fingerprint density at radius 3 is 2.78 bits per heavy atom. The van der Waals surface area contributed by atoms with Gasteiger partial charge in [0.2, 0.25) is 0 Å². The molecule has 0 unspecified atom stereocenters. The predicted molar refractivity (Wildman–Crippen MR) is 94.8 cm³/mol. The molecule has 0 atom stereocenters. The monoisotopic (exact) mass is 341 g/mol. The Kier molecular flexibility index (Phi) is 7.95. The first kappa shape index (κ1) is 18.3. The largest absolute Gasteiger partial charge is 0.493 e. The number of benzene rings is 1. The van der Waals surface area contributed by atoms with Crippen molar-refractivity contribution in [2.75, 3.05) is 53.0 Å². The fourth-order valence-corrected chi connectivity index (χ4v) is 2.90. The molecule has 0 aliphatic carbocycles. The Morgan fingerprint density at radius 1 is 1.30 bits per heavy atom. The highest BCUT2D eigenvalue weighted by Gasteiger charge is 2.13. The van der Waals surface area contributed by atoms with Crippen LogP contribution in [0.1, 0.15) is 18.9 Å². The smallest absolute Gasteiger partial charge is 0.165 e. The van der Waals surface area contributed by atoms with Crippen LogP contribution in [0.2, 0.25) is 5.02 Å². The minimum atomic E-state index is 0.671. The van der Waals surface area contributed by atoms with E-state index in [-0.39, 0.29) is 0 Å². The number of methoxy groups -OCH3 is 1. The number of halogens is 1. The molecule has 1 saturated heterocycles. The molecule has 0 spiro atoms. The Morgan fingerprint density at radius 2 is 2.09 bits per heavy atom. The lowest BCUT2D eigenvalue weighted by Gasteiger charge is -2.27. The first-order valence-corrected chi connectivity index (χ1v) is 8.75. The molecule has 2 rings (SSSR count). The summed E-state index contributed by atoms with van der Waals surface area (Å²) in [5.41, 5.74) is 1.04. The Bertz CT molecular complexity index is 479. The zero-order valence-electron chi connectivity index (χ0n) is 14.2. The van der Waals surface area contributed by atoms with Gasteiger partial charge in [-0.05, 0) is 12.5 Å². The van der Waals surface area contributed by atoms with Crippen molar-refractivity contribution in [1.29, 1.82) is 0 Å². The average Bonchev–Trinajstić information content (AvgIpc) is 2.58. The molecule has 130 valence electrons. The van der Waals surface area contributed by atoms with Gasteiger partial charge in [-0.2, -0.15) is 0 Å². The molecule has 6 heteroatoms. The van der Waals surface area contributed by atoms with Gasteiger partial charge in [0, 0.05) is 62.5 Å². The standard InChI is InChI=1S/C17H28ClN3O2/c1-3-10-23-17-14(11-15(18)12-16(17)22-2)13-20-6-9-21-7-4-19-5-8-21/h11-12,19-20H,3-10,13H2,1-2H3. The second-order valence-corrected chi connectivity index (χ2v) is 6.15. The van der Waals surface area contributed by atoms with E-state index in [0.29, 0.717) is 17.4 Å². The van der Waals surface area contributed by atoms with Gasteiger partial charge in [-0.15, -0.1) is 0 Å². The van der Waals surface area contributed by atoms with Gasteiger partial charge < -0.3 is 20.1 Å². The highest BCUT2D eigenvalue weighted by Crippen LogP contribution is 2.34. The topological polar surface area (TPSA) is 45.8 Å². The molecule has 23 heavy (non-hydrogen) atoms. The van der Waals surface area contributed by atoms with Crippen molar-refractivity contribution in [3.8, 4) is 11.5 Å². The third-order valence-corrected chi connectivity index (χ3v) is 4.12. The molecule has 5 nitrogen and oxygen atoms in total. The first-order valence-electron chi connectivity index (χ1n) is 8.37. The molecule has 0 amide bonds. The first-order chi connectivity index (χ1) is 11.2. The van der Waals surface area contributed by atoms with Crippen molar-refractivity contribution in [3.05, 3.63) is 22.7 Å². The zero-order chi connectivity index (χ0) is 16.5. The molecule has 2 N–H and O–H groups in total. The quantitative estimate of drug-likeness (QED) is 0.674. The van der Waals surface area contributed by atoms with Crippen molar-refractivity contribution in [2.45, 2.75) is 19.9 Å². The lowest BCUT2D eigenvalue weighted by atomic mass is 10.1. The van der Waals surface area contributed by atoms with Crippen LogP contribution in [0.4, 0.5) is 0 Å².